The van der Waals surface area contributed by atoms with Crippen molar-refractivity contribution in [2.24, 2.45) is 5.92 Å². The Morgan fingerprint density at radius 1 is 0.623 bits per heavy atom. The van der Waals surface area contributed by atoms with Gasteiger partial charge in [0.1, 0.15) is 5.58 Å². The summed E-state index contributed by atoms with van der Waals surface area (Å²) in [6.45, 7) is 22.8. The Bertz CT molecular complexity index is 3620. The third-order valence-corrected chi connectivity index (χ3v) is 15.1. The smallest absolute Gasteiger partial charge is 0.216 e. The first-order valence-electron chi connectivity index (χ1n) is 24.0. The number of aryl methyl sites for hydroxylation is 1. The van der Waals surface area contributed by atoms with Gasteiger partial charge in [0.25, 0.3) is 0 Å². The molecule has 0 saturated heterocycles. The van der Waals surface area contributed by atoms with Crippen molar-refractivity contribution in [3.63, 3.8) is 0 Å². The number of aromatic nitrogens is 4. The van der Waals surface area contributed by atoms with Crippen LogP contribution < -0.4 is 5.19 Å². The van der Waals surface area contributed by atoms with Gasteiger partial charge in [0.05, 0.1) is 36.1 Å². The molecule has 0 bridgehead atoms. The monoisotopic (exact) mass is 1100 g/mol. The Hall–Kier alpha value is -6.44. The van der Waals surface area contributed by atoms with Crippen LogP contribution in [0.15, 0.2) is 148 Å². The molecule has 8 heteroatoms. The zero-order valence-corrected chi connectivity index (χ0v) is 44.6. The fourth-order valence-corrected chi connectivity index (χ4v) is 11.3. The molecule has 11 aromatic rings. The molecular weight excluding hydrogens is 1040 g/mol. The van der Waals surface area contributed by atoms with Crippen molar-refractivity contribution in [3.05, 3.63) is 174 Å². The maximum atomic E-state index is 6.47. The van der Waals surface area contributed by atoms with Gasteiger partial charge in [-0.25, -0.2) is 4.98 Å². The molecule has 0 aliphatic heterocycles. The van der Waals surface area contributed by atoms with E-state index in [1.165, 1.54) is 38.7 Å². The van der Waals surface area contributed by atoms with Crippen LogP contribution in [-0.2, 0) is 26.5 Å². The van der Waals surface area contributed by atoms with E-state index in [0.717, 1.165) is 84.1 Å². The third-order valence-electron chi connectivity index (χ3n) is 13.0. The largest absolute Gasteiger partial charge is 0.501 e. The summed E-state index contributed by atoms with van der Waals surface area (Å²) in [6, 6.07) is 53.4. The van der Waals surface area contributed by atoms with E-state index >= 15 is 0 Å². The molecule has 1 radical (unpaired) electrons. The van der Waals surface area contributed by atoms with E-state index in [4.69, 9.17) is 18.8 Å². The van der Waals surface area contributed by atoms with Gasteiger partial charge in [-0.1, -0.05) is 155 Å². The summed E-state index contributed by atoms with van der Waals surface area (Å²) in [4.78, 5) is 14.6. The van der Waals surface area contributed by atoms with E-state index in [-0.39, 0.29) is 20.1 Å². The van der Waals surface area contributed by atoms with Gasteiger partial charge in [-0.05, 0) is 107 Å². The van der Waals surface area contributed by atoms with Crippen LogP contribution in [0.5, 0.6) is 0 Å². The average molecular weight is 1100 g/mol. The Kier molecular flexibility index (Phi) is 13.2. The van der Waals surface area contributed by atoms with Crippen molar-refractivity contribution in [3.8, 4) is 39.5 Å². The summed E-state index contributed by atoms with van der Waals surface area (Å²) >= 11 is 0. The predicted molar refractivity (Wildman–Crippen MR) is 286 cm³/mol. The van der Waals surface area contributed by atoms with Gasteiger partial charge < -0.3 is 18.4 Å². The standard InChI is InChI=1S/C37H31N2O.C24H27N2OSi.Ir/c1-23(2)30-21-26(25-13-6-5-7-14-25)22-31(24(3)4)35(30)39-33-19-10-9-18-32(33)38-37(39)29-17-12-16-28-27-15-8-11-20-34(27)40-36(28)29;1-15(2)12-17-13-21(25-14-22(17)28(4,5)6)20-9-7-8-18-19-11-10-16(3)26-24(19)27-23(18)20;/h5-16,18-24H,1-4H3;7-8,10-11,13-15H,12H2,1-6H3;/q2*-1;. The van der Waals surface area contributed by atoms with Crippen molar-refractivity contribution < 1.29 is 28.9 Å². The summed E-state index contributed by atoms with van der Waals surface area (Å²) in [5.41, 5.74) is 16.6. The molecule has 5 heterocycles. The van der Waals surface area contributed by atoms with E-state index in [2.05, 4.69) is 186 Å². The number of hydrogen-bond donors (Lipinski definition) is 0. The van der Waals surface area contributed by atoms with Gasteiger partial charge in [0.2, 0.25) is 5.71 Å². The molecule has 0 unspecified atom stereocenters. The van der Waals surface area contributed by atoms with Crippen LogP contribution in [0.4, 0.5) is 0 Å². The van der Waals surface area contributed by atoms with E-state index in [1.54, 1.807) is 0 Å². The molecule has 69 heavy (non-hydrogen) atoms. The number of pyridine rings is 2. The molecule has 6 nitrogen and oxygen atoms in total. The van der Waals surface area contributed by atoms with Gasteiger partial charge in [-0.2, -0.15) is 0 Å². The van der Waals surface area contributed by atoms with Crippen molar-refractivity contribution in [2.75, 3.05) is 0 Å². The Balaban J connectivity index is 0.000000180. The topological polar surface area (TPSA) is 69.9 Å². The van der Waals surface area contributed by atoms with Crippen molar-refractivity contribution >= 4 is 68.3 Å². The fourth-order valence-electron chi connectivity index (χ4n) is 9.72. The summed E-state index contributed by atoms with van der Waals surface area (Å²) in [6.07, 6.45) is 3.16. The molecule has 6 aromatic carbocycles. The van der Waals surface area contributed by atoms with Gasteiger partial charge >= 0.3 is 0 Å². The summed E-state index contributed by atoms with van der Waals surface area (Å²) in [7, 11) is -1.46. The van der Waals surface area contributed by atoms with Crippen molar-refractivity contribution in [1.29, 1.82) is 0 Å². The van der Waals surface area contributed by atoms with E-state index in [1.807, 2.05) is 43.3 Å². The number of hydrogen-bond acceptors (Lipinski definition) is 5. The number of imidazole rings is 1. The minimum absolute atomic E-state index is 0. The van der Waals surface area contributed by atoms with Crippen LogP contribution >= 0.6 is 0 Å². The Labute approximate surface area is 420 Å². The zero-order chi connectivity index (χ0) is 47.4. The van der Waals surface area contributed by atoms with Crippen LogP contribution in [0.2, 0.25) is 19.6 Å². The Morgan fingerprint density at radius 3 is 1.96 bits per heavy atom. The normalized spacial score (nSPS) is 12.0. The van der Waals surface area contributed by atoms with Gasteiger partial charge in [-0.3, -0.25) is 4.98 Å². The molecule has 0 N–H and O–H groups in total. The minimum Gasteiger partial charge on any atom is -0.501 e. The maximum Gasteiger partial charge on any atom is 0.216 e. The minimum atomic E-state index is -1.46. The van der Waals surface area contributed by atoms with E-state index < -0.39 is 8.07 Å². The first kappa shape index (κ1) is 47.6. The second-order valence-electron chi connectivity index (χ2n) is 20.2. The van der Waals surface area contributed by atoms with E-state index in [9.17, 15) is 0 Å². The van der Waals surface area contributed by atoms with Crippen molar-refractivity contribution in [1.82, 2.24) is 19.5 Å². The average Bonchev–Trinajstić information content (AvgIpc) is 4.02. The number of benzene rings is 6. The molecule has 0 aliphatic carbocycles. The number of furan rings is 2. The molecule has 0 aliphatic rings. The van der Waals surface area contributed by atoms with Gasteiger partial charge in [0, 0.05) is 48.5 Å². The molecule has 0 spiro atoms. The molecule has 0 saturated carbocycles. The first-order valence-corrected chi connectivity index (χ1v) is 27.5. The number of para-hydroxylation sites is 3. The first-order chi connectivity index (χ1) is 32.7. The van der Waals surface area contributed by atoms with Gasteiger partial charge in [0.15, 0.2) is 0 Å². The molecule has 11 rings (SSSR count). The van der Waals surface area contributed by atoms with Gasteiger partial charge in [-0.15, -0.1) is 36.4 Å². The summed E-state index contributed by atoms with van der Waals surface area (Å²) in [5, 5.41) is 5.73. The van der Waals surface area contributed by atoms with Crippen LogP contribution in [0.1, 0.15) is 75.8 Å². The molecule has 5 aromatic heterocycles. The summed E-state index contributed by atoms with van der Waals surface area (Å²) < 4.78 is 15.0. The number of fused-ring (bicyclic) bond motifs is 7. The fraction of sp³-hybridized carbons (Fsp3) is 0.230. The summed E-state index contributed by atoms with van der Waals surface area (Å²) in [5.74, 6) is 2.05. The van der Waals surface area contributed by atoms with Crippen LogP contribution in [0, 0.1) is 25.0 Å². The second-order valence-corrected chi connectivity index (χ2v) is 25.2. The predicted octanol–water partition coefficient (Wildman–Crippen LogP) is 16.2. The molecule has 0 fully saturated rings. The number of rotatable bonds is 9. The Morgan fingerprint density at radius 2 is 1.26 bits per heavy atom. The van der Waals surface area contributed by atoms with E-state index in [0.29, 0.717) is 23.5 Å². The number of nitrogens with zero attached hydrogens (tertiary/aromatic N) is 4. The molecule has 0 amide bonds. The van der Waals surface area contributed by atoms with Crippen LogP contribution in [-0.4, -0.2) is 27.6 Å². The second kappa shape index (κ2) is 19.2. The van der Waals surface area contributed by atoms with Crippen LogP contribution in [0.25, 0.3) is 94.5 Å². The van der Waals surface area contributed by atoms with Crippen LogP contribution in [0.3, 0.4) is 0 Å². The maximum absolute atomic E-state index is 6.47. The van der Waals surface area contributed by atoms with Crippen molar-refractivity contribution in [2.45, 2.75) is 86.4 Å². The zero-order valence-electron chi connectivity index (χ0n) is 41.2. The molecular formula is C61H58IrN4O2Si-2. The third kappa shape index (κ3) is 9.02. The SMILES string of the molecule is CC(C)c1cc(-c2ccccc2)cc(C(C)C)c1-n1c(-c2[c-]ccc3c2oc2ccccc23)nc2ccccc21.Cc1ccc2c(n1)oc1c(-c3cc(CC(C)C)c([Si](C)(C)C)cn3)[c-]ccc12.[Ir]. The molecule has 0 atom stereocenters. The quantitative estimate of drug-likeness (QED) is 0.106. The molecule has 349 valence electrons.